The molecule has 0 bridgehead atoms. The number of thioether (sulfide) groups is 1. The summed E-state index contributed by atoms with van der Waals surface area (Å²) in [6.45, 7) is 2.01. The van der Waals surface area contributed by atoms with Crippen molar-refractivity contribution in [2.24, 2.45) is 0 Å². The molecule has 17 heavy (non-hydrogen) atoms. The summed E-state index contributed by atoms with van der Waals surface area (Å²) in [6.07, 6.45) is 4.70. The Labute approximate surface area is 117 Å². The maximum absolute atomic E-state index is 5.20. The van der Waals surface area contributed by atoms with Gasteiger partial charge in [-0.3, -0.25) is 0 Å². The van der Waals surface area contributed by atoms with Gasteiger partial charge in [0.25, 0.3) is 0 Å². The number of methoxy groups -OCH3 is 1. The number of nitrogens with one attached hydrogen (secondary N) is 1. The molecule has 0 aliphatic heterocycles. The first-order chi connectivity index (χ1) is 8.27. The van der Waals surface area contributed by atoms with E-state index in [1.165, 1.54) is 24.2 Å². The molecule has 1 aromatic rings. The minimum Gasteiger partial charge on any atom is -0.496 e. The Kier molecular flexibility index (Phi) is 7.73. The largest absolute Gasteiger partial charge is 0.496 e. The van der Waals surface area contributed by atoms with Crippen LogP contribution >= 0.6 is 27.7 Å². The molecule has 0 heterocycles. The number of hydrogen-bond donors (Lipinski definition) is 1. The lowest BCUT2D eigenvalue weighted by Crippen LogP contribution is -2.14. The molecular weight excluding hydrogens is 298 g/mol. The van der Waals surface area contributed by atoms with Crippen LogP contribution in [-0.2, 0) is 6.54 Å². The molecule has 96 valence electrons. The topological polar surface area (TPSA) is 21.3 Å². The highest BCUT2D eigenvalue weighted by atomic mass is 79.9. The Balaban J connectivity index is 2.25. The summed E-state index contributed by atoms with van der Waals surface area (Å²) in [5, 5.41) is 3.45. The van der Waals surface area contributed by atoms with Gasteiger partial charge in [-0.1, -0.05) is 6.07 Å². The van der Waals surface area contributed by atoms with Gasteiger partial charge in [0.2, 0.25) is 0 Å². The summed E-state index contributed by atoms with van der Waals surface area (Å²) in [4.78, 5) is 0. The predicted octanol–water partition coefficient (Wildman–Crippen LogP) is 3.69. The van der Waals surface area contributed by atoms with Crippen LogP contribution < -0.4 is 10.1 Å². The van der Waals surface area contributed by atoms with Crippen molar-refractivity contribution >= 4 is 27.7 Å². The summed E-state index contributed by atoms with van der Waals surface area (Å²) in [5.74, 6) is 2.14. The number of unbranched alkanes of at least 4 members (excludes halogenated alkanes) is 1. The van der Waals surface area contributed by atoms with Gasteiger partial charge < -0.3 is 10.1 Å². The first-order valence-electron chi connectivity index (χ1n) is 5.80. The molecular formula is C13H20BrNOS. The first kappa shape index (κ1) is 14.9. The van der Waals surface area contributed by atoms with Crippen molar-refractivity contribution in [2.75, 3.05) is 25.7 Å². The van der Waals surface area contributed by atoms with E-state index in [1.54, 1.807) is 7.11 Å². The van der Waals surface area contributed by atoms with Crippen LogP contribution in [0.1, 0.15) is 18.4 Å². The van der Waals surface area contributed by atoms with Gasteiger partial charge in [-0.2, -0.15) is 11.8 Å². The quantitative estimate of drug-likeness (QED) is 0.739. The van der Waals surface area contributed by atoms with Crippen LogP contribution in [0.15, 0.2) is 22.7 Å². The average Bonchev–Trinajstić information content (AvgIpc) is 2.34. The van der Waals surface area contributed by atoms with Gasteiger partial charge in [0.15, 0.2) is 0 Å². The summed E-state index contributed by atoms with van der Waals surface area (Å²) < 4.78 is 6.22. The third-order valence-electron chi connectivity index (χ3n) is 2.50. The Hall–Kier alpha value is -0.190. The van der Waals surface area contributed by atoms with E-state index in [4.69, 9.17) is 4.74 Å². The highest BCUT2D eigenvalue weighted by Crippen LogP contribution is 2.25. The maximum atomic E-state index is 5.20. The average molecular weight is 318 g/mol. The Morgan fingerprint density at radius 2 is 2.18 bits per heavy atom. The molecule has 1 N–H and O–H groups in total. The molecule has 0 radical (unpaired) electrons. The van der Waals surface area contributed by atoms with E-state index in [9.17, 15) is 0 Å². The molecule has 0 atom stereocenters. The molecule has 0 aliphatic carbocycles. The number of benzene rings is 1. The summed E-state index contributed by atoms with van der Waals surface area (Å²) in [5.41, 5.74) is 1.28. The van der Waals surface area contributed by atoms with Crippen LogP contribution in [0.25, 0.3) is 0 Å². The fourth-order valence-corrected chi connectivity index (χ4v) is 2.63. The Morgan fingerprint density at radius 3 is 2.82 bits per heavy atom. The number of halogens is 1. The molecule has 0 fully saturated rings. The number of hydrogen-bond acceptors (Lipinski definition) is 3. The summed E-state index contributed by atoms with van der Waals surface area (Å²) in [7, 11) is 1.68. The van der Waals surface area contributed by atoms with E-state index in [0.29, 0.717) is 0 Å². The Morgan fingerprint density at radius 1 is 1.35 bits per heavy atom. The zero-order chi connectivity index (χ0) is 12.5. The van der Waals surface area contributed by atoms with Crippen molar-refractivity contribution in [2.45, 2.75) is 19.4 Å². The second kappa shape index (κ2) is 8.84. The minimum atomic E-state index is 0.883. The predicted molar refractivity (Wildman–Crippen MR) is 80.0 cm³/mol. The standard InChI is InChI=1S/C13H20BrNOS/c1-16-13-6-5-11(9-12(13)14)10-15-7-3-4-8-17-2/h5-6,9,15H,3-4,7-8,10H2,1-2H3. The van der Waals surface area contributed by atoms with Crippen molar-refractivity contribution in [3.8, 4) is 5.75 Å². The van der Waals surface area contributed by atoms with Crippen LogP contribution in [0.5, 0.6) is 5.75 Å². The van der Waals surface area contributed by atoms with Crippen molar-refractivity contribution in [3.05, 3.63) is 28.2 Å². The lowest BCUT2D eigenvalue weighted by atomic mass is 10.2. The van der Waals surface area contributed by atoms with Crippen LogP contribution in [0, 0.1) is 0 Å². The lowest BCUT2D eigenvalue weighted by Gasteiger charge is -2.07. The van der Waals surface area contributed by atoms with Gasteiger partial charge in [-0.05, 0) is 65.0 Å². The molecule has 0 aliphatic rings. The van der Waals surface area contributed by atoms with Gasteiger partial charge in [0, 0.05) is 6.54 Å². The second-order valence-corrected chi connectivity index (χ2v) is 5.69. The lowest BCUT2D eigenvalue weighted by molar-refractivity contribution is 0.412. The summed E-state index contributed by atoms with van der Waals surface area (Å²) >= 11 is 5.41. The van der Waals surface area contributed by atoms with E-state index in [0.717, 1.165) is 23.3 Å². The molecule has 0 amide bonds. The molecule has 1 rings (SSSR count). The van der Waals surface area contributed by atoms with Gasteiger partial charge in [0.1, 0.15) is 5.75 Å². The molecule has 1 aromatic carbocycles. The van der Waals surface area contributed by atoms with Crippen molar-refractivity contribution in [3.63, 3.8) is 0 Å². The second-order valence-electron chi connectivity index (χ2n) is 3.85. The van der Waals surface area contributed by atoms with Crippen molar-refractivity contribution < 1.29 is 4.74 Å². The van der Waals surface area contributed by atoms with E-state index >= 15 is 0 Å². The third-order valence-corrected chi connectivity index (χ3v) is 3.81. The molecule has 2 nitrogen and oxygen atoms in total. The maximum Gasteiger partial charge on any atom is 0.133 e. The zero-order valence-electron chi connectivity index (χ0n) is 10.5. The Bertz CT molecular complexity index is 333. The summed E-state index contributed by atoms with van der Waals surface area (Å²) in [6, 6.07) is 6.20. The third kappa shape index (κ3) is 5.80. The number of rotatable bonds is 8. The molecule has 0 spiro atoms. The van der Waals surface area contributed by atoms with Gasteiger partial charge in [-0.15, -0.1) is 0 Å². The fourth-order valence-electron chi connectivity index (χ4n) is 1.55. The fraction of sp³-hybridized carbons (Fsp3) is 0.538. The molecule has 0 saturated heterocycles. The van der Waals surface area contributed by atoms with Crippen LogP contribution in [-0.4, -0.2) is 25.7 Å². The first-order valence-corrected chi connectivity index (χ1v) is 7.98. The smallest absolute Gasteiger partial charge is 0.133 e. The SMILES string of the molecule is COc1ccc(CNCCCCSC)cc1Br. The van der Waals surface area contributed by atoms with Crippen molar-refractivity contribution in [1.82, 2.24) is 5.32 Å². The van der Waals surface area contributed by atoms with Crippen molar-refractivity contribution in [1.29, 1.82) is 0 Å². The van der Waals surface area contributed by atoms with Crippen LogP contribution in [0.4, 0.5) is 0 Å². The van der Waals surface area contributed by atoms with Crippen LogP contribution in [0.3, 0.4) is 0 Å². The highest BCUT2D eigenvalue weighted by molar-refractivity contribution is 9.10. The highest BCUT2D eigenvalue weighted by Gasteiger charge is 2.00. The normalized spacial score (nSPS) is 10.5. The minimum absolute atomic E-state index is 0.883. The van der Waals surface area contributed by atoms with Gasteiger partial charge in [-0.25, -0.2) is 0 Å². The van der Waals surface area contributed by atoms with E-state index in [2.05, 4.69) is 39.6 Å². The number of ether oxygens (including phenoxy) is 1. The van der Waals surface area contributed by atoms with Crippen LogP contribution in [0.2, 0.25) is 0 Å². The van der Waals surface area contributed by atoms with E-state index in [1.807, 2.05) is 17.8 Å². The van der Waals surface area contributed by atoms with Gasteiger partial charge >= 0.3 is 0 Å². The molecule has 0 unspecified atom stereocenters. The monoisotopic (exact) mass is 317 g/mol. The molecule has 4 heteroatoms. The van der Waals surface area contributed by atoms with Gasteiger partial charge in [0.05, 0.1) is 11.6 Å². The molecule has 0 saturated carbocycles. The molecule has 0 aromatic heterocycles. The van der Waals surface area contributed by atoms with E-state index in [-0.39, 0.29) is 0 Å². The zero-order valence-corrected chi connectivity index (χ0v) is 12.9. The van der Waals surface area contributed by atoms with E-state index < -0.39 is 0 Å².